The van der Waals surface area contributed by atoms with Crippen LogP contribution in [0.5, 0.6) is 0 Å². The molecule has 3 N–H and O–H groups in total. The summed E-state index contributed by atoms with van der Waals surface area (Å²) in [5.74, 6) is 1.47. The molecule has 158 valence electrons. The number of nitrogens with one attached hydrogen (secondary N) is 3. The van der Waals surface area contributed by atoms with E-state index in [4.69, 9.17) is 4.74 Å². The van der Waals surface area contributed by atoms with E-state index in [2.05, 4.69) is 20.6 Å². The zero-order chi connectivity index (χ0) is 20.4. The van der Waals surface area contributed by atoms with Crippen LogP contribution >= 0.6 is 0 Å². The van der Waals surface area contributed by atoms with Crippen molar-refractivity contribution in [3.8, 4) is 0 Å². The minimum atomic E-state index is -2.86. The molecule has 2 saturated heterocycles. The molecule has 0 saturated carbocycles. The molecule has 2 atom stereocenters. The molecule has 9 heteroatoms. The van der Waals surface area contributed by atoms with Crippen molar-refractivity contribution in [2.75, 3.05) is 36.5 Å². The number of aromatic nitrogens is 2. The lowest BCUT2D eigenvalue weighted by molar-refractivity contribution is 0.00666. The summed E-state index contributed by atoms with van der Waals surface area (Å²) in [7, 11) is -2.86. The van der Waals surface area contributed by atoms with E-state index in [0.29, 0.717) is 36.3 Å². The van der Waals surface area contributed by atoms with Crippen molar-refractivity contribution in [3.05, 3.63) is 34.2 Å². The van der Waals surface area contributed by atoms with Gasteiger partial charge in [0.15, 0.2) is 5.82 Å². The van der Waals surface area contributed by atoms with Gasteiger partial charge in [0.2, 0.25) is 0 Å². The molecule has 4 heterocycles. The highest BCUT2D eigenvalue weighted by Gasteiger charge is 2.29. The maximum absolute atomic E-state index is 12.1. The number of rotatable bonds is 5. The Morgan fingerprint density at radius 3 is 2.86 bits per heavy atom. The first kappa shape index (κ1) is 20.3. The number of hydrogen-bond donors (Lipinski definition) is 3. The van der Waals surface area contributed by atoms with Crippen LogP contribution in [-0.4, -0.2) is 61.7 Å². The largest absolute Gasteiger partial charge is 0.374 e. The monoisotopic (exact) mass is 420 g/mol. The van der Waals surface area contributed by atoms with Gasteiger partial charge >= 0.3 is 0 Å². The molecule has 2 fully saturated rings. The van der Waals surface area contributed by atoms with Crippen molar-refractivity contribution >= 4 is 26.6 Å². The fourth-order valence-electron chi connectivity index (χ4n) is 4.06. The van der Waals surface area contributed by atoms with Crippen molar-refractivity contribution in [2.45, 2.75) is 38.3 Å². The SMILES string of the molecule is Cc1cc2ccnc(N[C@H]3CCNC[C@@H]3OCC3CCS(=O)(=O)CC3)c2[nH]c1=O. The number of ether oxygens (including phenoxy) is 1. The highest BCUT2D eigenvalue weighted by Crippen LogP contribution is 2.23. The number of pyridine rings is 2. The molecule has 8 nitrogen and oxygen atoms in total. The van der Waals surface area contributed by atoms with Gasteiger partial charge in [-0.1, -0.05) is 0 Å². The summed E-state index contributed by atoms with van der Waals surface area (Å²) >= 11 is 0. The van der Waals surface area contributed by atoms with Crippen molar-refractivity contribution in [3.63, 3.8) is 0 Å². The van der Waals surface area contributed by atoms with Gasteiger partial charge in [-0.15, -0.1) is 0 Å². The molecular formula is C20H28N4O4S. The van der Waals surface area contributed by atoms with Crippen molar-refractivity contribution in [1.29, 1.82) is 0 Å². The Bertz CT molecular complexity index is 1020. The minimum absolute atomic E-state index is 0.0449. The van der Waals surface area contributed by atoms with Gasteiger partial charge in [0.05, 0.1) is 29.2 Å². The average molecular weight is 421 g/mol. The second-order valence-electron chi connectivity index (χ2n) is 8.12. The predicted octanol–water partition coefficient (Wildman–Crippen LogP) is 1.22. The fraction of sp³-hybridized carbons (Fsp3) is 0.600. The third-order valence-corrected chi connectivity index (χ3v) is 7.64. The first-order chi connectivity index (χ1) is 13.9. The molecule has 4 rings (SSSR count). The lowest BCUT2D eigenvalue weighted by Gasteiger charge is -2.34. The Kier molecular flexibility index (Phi) is 5.89. The molecule has 0 amide bonds. The highest BCUT2D eigenvalue weighted by molar-refractivity contribution is 7.91. The molecule has 2 aliphatic rings. The van der Waals surface area contributed by atoms with Crippen LogP contribution in [0.4, 0.5) is 5.82 Å². The summed E-state index contributed by atoms with van der Waals surface area (Å²) in [6.45, 7) is 3.96. The molecule has 0 radical (unpaired) electrons. The molecule has 0 aromatic carbocycles. The van der Waals surface area contributed by atoms with Gasteiger partial charge in [-0.05, 0) is 50.8 Å². The summed E-state index contributed by atoms with van der Waals surface area (Å²) in [6.07, 6.45) is 3.91. The lowest BCUT2D eigenvalue weighted by Crippen LogP contribution is -2.50. The van der Waals surface area contributed by atoms with Gasteiger partial charge in [0.25, 0.3) is 5.56 Å². The smallest absolute Gasteiger partial charge is 0.251 e. The zero-order valence-electron chi connectivity index (χ0n) is 16.6. The van der Waals surface area contributed by atoms with Crippen molar-refractivity contribution in [2.24, 2.45) is 5.92 Å². The number of hydrogen-bond acceptors (Lipinski definition) is 7. The number of nitrogens with zero attached hydrogens (tertiary/aromatic N) is 1. The fourth-order valence-corrected chi connectivity index (χ4v) is 5.65. The average Bonchev–Trinajstić information content (AvgIpc) is 2.70. The number of H-pyrrole nitrogens is 1. The van der Waals surface area contributed by atoms with E-state index < -0.39 is 9.84 Å². The second kappa shape index (κ2) is 8.41. The van der Waals surface area contributed by atoms with Gasteiger partial charge in [0.1, 0.15) is 9.84 Å². The third kappa shape index (κ3) is 4.79. The maximum atomic E-state index is 12.1. The molecule has 2 aromatic rings. The van der Waals surface area contributed by atoms with E-state index in [1.54, 1.807) is 13.1 Å². The Balaban J connectivity index is 1.45. The summed E-state index contributed by atoms with van der Waals surface area (Å²) in [5, 5.41) is 7.78. The Morgan fingerprint density at radius 1 is 1.28 bits per heavy atom. The maximum Gasteiger partial charge on any atom is 0.251 e. The highest BCUT2D eigenvalue weighted by atomic mass is 32.2. The molecule has 2 aromatic heterocycles. The van der Waals surface area contributed by atoms with E-state index in [1.165, 1.54) is 0 Å². The Hall–Kier alpha value is -1.97. The van der Waals surface area contributed by atoms with Gasteiger partial charge in [-0.25, -0.2) is 13.4 Å². The van der Waals surface area contributed by atoms with Crippen LogP contribution in [0.3, 0.4) is 0 Å². The standard InChI is InChI=1S/C20H28N4O4S/c1-13-10-15-2-7-22-19(18(15)24-20(13)25)23-16-3-6-21-11-17(16)28-12-14-4-8-29(26,27)9-5-14/h2,7,10,14,16-17,21H,3-6,8-9,11-12H2,1H3,(H,22,23)(H,24,25)/t16-,17-/m0/s1. The van der Waals surface area contributed by atoms with Gasteiger partial charge in [0, 0.05) is 30.3 Å². The predicted molar refractivity (Wildman–Crippen MR) is 113 cm³/mol. The molecular weight excluding hydrogens is 392 g/mol. The van der Waals surface area contributed by atoms with Crippen LogP contribution in [0.1, 0.15) is 24.8 Å². The third-order valence-electron chi connectivity index (χ3n) is 5.92. The summed E-state index contributed by atoms with van der Waals surface area (Å²) in [4.78, 5) is 19.5. The summed E-state index contributed by atoms with van der Waals surface area (Å²) in [6, 6.07) is 3.82. The minimum Gasteiger partial charge on any atom is -0.374 e. The van der Waals surface area contributed by atoms with Gasteiger partial charge < -0.3 is 20.4 Å². The molecule has 0 spiro atoms. The number of aryl methyl sites for hydroxylation is 1. The van der Waals surface area contributed by atoms with Crippen LogP contribution in [0.25, 0.3) is 10.9 Å². The second-order valence-corrected chi connectivity index (χ2v) is 10.4. The first-order valence-electron chi connectivity index (χ1n) is 10.2. The van der Waals surface area contributed by atoms with Crippen LogP contribution in [-0.2, 0) is 14.6 Å². The van der Waals surface area contributed by atoms with Gasteiger partial charge in [-0.2, -0.15) is 0 Å². The van der Waals surface area contributed by atoms with Crippen LogP contribution in [0.2, 0.25) is 0 Å². The van der Waals surface area contributed by atoms with Crippen LogP contribution < -0.4 is 16.2 Å². The van der Waals surface area contributed by atoms with E-state index >= 15 is 0 Å². The quantitative estimate of drug-likeness (QED) is 0.666. The normalized spacial score (nSPS) is 25.1. The molecule has 0 bridgehead atoms. The van der Waals surface area contributed by atoms with E-state index in [9.17, 15) is 13.2 Å². The summed E-state index contributed by atoms with van der Waals surface area (Å²) in [5.41, 5.74) is 1.27. The van der Waals surface area contributed by atoms with Crippen LogP contribution in [0, 0.1) is 12.8 Å². The molecule has 2 aliphatic heterocycles. The van der Waals surface area contributed by atoms with Gasteiger partial charge in [-0.3, -0.25) is 4.79 Å². The summed E-state index contributed by atoms with van der Waals surface area (Å²) < 4.78 is 29.4. The zero-order valence-corrected chi connectivity index (χ0v) is 17.4. The first-order valence-corrected chi connectivity index (χ1v) is 12.0. The lowest BCUT2D eigenvalue weighted by atomic mass is 10.0. The molecule has 0 unspecified atom stereocenters. The Morgan fingerprint density at radius 2 is 2.07 bits per heavy atom. The van der Waals surface area contributed by atoms with Crippen LogP contribution in [0.15, 0.2) is 23.1 Å². The Labute approximate surface area is 170 Å². The van der Waals surface area contributed by atoms with E-state index in [-0.39, 0.29) is 35.1 Å². The van der Waals surface area contributed by atoms with E-state index in [1.807, 2.05) is 12.1 Å². The molecule has 29 heavy (non-hydrogen) atoms. The number of anilines is 1. The molecule has 0 aliphatic carbocycles. The topological polar surface area (TPSA) is 113 Å². The van der Waals surface area contributed by atoms with Crippen molar-refractivity contribution in [1.82, 2.24) is 15.3 Å². The number of piperidine rings is 1. The van der Waals surface area contributed by atoms with E-state index in [0.717, 1.165) is 24.9 Å². The number of aromatic amines is 1. The number of fused-ring (bicyclic) bond motifs is 1. The van der Waals surface area contributed by atoms with Crippen molar-refractivity contribution < 1.29 is 13.2 Å². The number of sulfone groups is 1.